The molecule has 0 spiro atoms. The fourth-order valence-corrected chi connectivity index (χ4v) is 1.28. The molecule has 0 aromatic heterocycles. The molecule has 1 aromatic carbocycles. The van der Waals surface area contributed by atoms with Crippen LogP contribution in [0.4, 0.5) is 8.78 Å². The largest absolute Gasteiger partial charge is 0.507 e. The molecule has 78 valence electrons. The third-order valence-electron chi connectivity index (χ3n) is 1.88. The first-order chi connectivity index (χ1) is 6.50. The van der Waals surface area contributed by atoms with E-state index < -0.39 is 6.43 Å². The Bertz CT molecular complexity index is 313. The van der Waals surface area contributed by atoms with Gasteiger partial charge in [-0.1, -0.05) is 6.07 Å². The second-order valence-electron chi connectivity index (χ2n) is 3.38. The first kappa shape index (κ1) is 10.9. The van der Waals surface area contributed by atoms with Crippen LogP contribution in [-0.4, -0.2) is 11.1 Å². The van der Waals surface area contributed by atoms with Gasteiger partial charge in [-0.25, -0.2) is 8.78 Å². The van der Waals surface area contributed by atoms with Crippen LogP contribution in [0.5, 0.6) is 5.75 Å². The van der Waals surface area contributed by atoms with E-state index in [9.17, 15) is 8.78 Å². The van der Waals surface area contributed by atoms with Crippen LogP contribution in [0.3, 0.4) is 0 Å². The molecule has 0 aliphatic heterocycles. The predicted octanol–water partition coefficient (Wildman–Crippen LogP) is 2.22. The Morgan fingerprint density at radius 2 is 2.07 bits per heavy atom. The molecule has 0 saturated carbocycles. The summed E-state index contributed by atoms with van der Waals surface area (Å²) in [5.41, 5.74) is 5.92. The lowest BCUT2D eigenvalue weighted by Crippen LogP contribution is -2.17. The van der Waals surface area contributed by atoms with Gasteiger partial charge in [-0.15, -0.1) is 0 Å². The molecule has 1 unspecified atom stereocenters. The number of aromatic hydroxyl groups is 1. The highest BCUT2D eigenvalue weighted by Gasteiger charge is 2.13. The van der Waals surface area contributed by atoms with E-state index >= 15 is 0 Å². The molecular weight excluding hydrogens is 188 g/mol. The quantitative estimate of drug-likeness (QED) is 0.787. The molecule has 1 rings (SSSR count). The van der Waals surface area contributed by atoms with E-state index in [2.05, 4.69) is 0 Å². The lowest BCUT2D eigenvalue weighted by molar-refractivity contribution is 0.147. The normalized spacial score (nSPS) is 13.2. The van der Waals surface area contributed by atoms with Crippen LogP contribution in [0.1, 0.15) is 24.5 Å². The third kappa shape index (κ3) is 2.67. The summed E-state index contributed by atoms with van der Waals surface area (Å²) in [4.78, 5) is 0. The average Bonchev–Trinajstić information content (AvgIpc) is 2.07. The maximum Gasteiger partial charge on any atom is 0.267 e. The van der Waals surface area contributed by atoms with Crippen LogP contribution in [-0.2, 0) is 6.42 Å². The highest BCUT2D eigenvalue weighted by molar-refractivity contribution is 5.37. The molecule has 0 fully saturated rings. The highest BCUT2D eigenvalue weighted by Crippen LogP contribution is 2.28. The number of nitrogens with two attached hydrogens (primary N) is 1. The van der Waals surface area contributed by atoms with Gasteiger partial charge < -0.3 is 10.8 Å². The maximum atomic E-state index is 12.4. The zero-order chi connectivity index (χ0) is 10.7. The second-order valence-corrected chi connectivity index (χ2v) is 3.38. The van der Waals surface area contributed by atoms with Gasteiger partial charge in [-0.2, -0.15) is 0 Å². The van der Waals surface area contributed by atoms with Gasteiger partial charge >= 0.3 is 0 Å². The van der Waals surface area contributed by atoms with Crippen molar-refractivity contribution in [2.75, 3.05) is 0 Å². The molecule has 0 saturated heterocycles. The number of phenols is 1. The lowest BCUT2D eigenvalue weighted by atomic mass is 10.0. The van der Waals surface area contributed by atoms with Crippen molar-refractivity contribution in [3.8, 4) is 5.75 Å². The molecule has 0 amide bonds. The van der Waals surface area contributed by atoms with Gasteiger partial charge in [0.05, 0.1) is 5.56 Å². The van der Waals surface area contributed by atoms with E-state index in [1.54, 1.807) is 13.0 Å². The minimum absolute atomic E-state index is 0.0786. The fraction of sp³-hybridized carbons (Fsp3) is 0.400. The molecule has 14 heavy (non-hydrogen) atoms. The summed E-state index contributed by atoms with van der Waals surface area (Å²) in [6, 6.07) is 4.10. The van der Waals surface area contributed by atoms with Crippen molar-refractivity contribution < 1.29 is 13.9 Å². The summed E-state index contributed by atoms with van der Waals surface area (Å²) in [5, 5.41) is 9.13. The van der Waals surface area contributed by atoms with Gasteiger partial charge in [-0.3, -0.25) is 0 Å². The van der Waals surface area contributed by atoms with Gasteiger partial charge in [0.2, 0.25) is 0 Å². The van der Waals surface area contributed by atoms with Crippen molar-refractivity contribution in [2.45, 2.75) is 25.8 Å². The number of benzene rings is 1. The summed E-state index contributed by atoms with van der Waals surface area (Å²) in [7, 11) is 0. The molecular formula is C10H13F2NO. The summed E-state index contributed by atoms with van der Waals surface area (Å²) in [6.07, 6.45) is -2.12. The summed E-state index contributed by atoms with van der Waals surface area (Å²) >= 11 is 0. The summed E-state index contributed by atoms with van der Waals surface area (Å²) in [5.74, 6) is -0.367. The zero-order valence-electron chi connectivity index (χ0n) is 7.87. The van der Waals surface area contributed by atoms with Gasteiger partial charge in [-0.05, 0) is 31.0 Å². The second kappa shape index (κ2) is 4.37. The Kier molecular flexibility index (Phi) is 3.41. The van der Waals surface area contributed by atoms with Gasteiger partial charge in [0.25, 0.3) is 6.43 Å². The first-order valence-corrected chi connectivity index (χ1v) is 4.36. The zero-order valence-corrected chi connectivity index (χ0v) is 7.87. The van der Waals surface area contributed by atoms with Gasteiger partial charge in [0, 0.05) is 6.04 Å². The number of rotatable bonds is 3. The van der Waals surface area contributed by atoms with E-state index in [0.717, 1.165) is 0 Å². The van der Waals surface area contributed by atoms with Gasteiger partial charge in [0.15, 0.2) is 0 Å². The molecule has 1 aromatic rings. The molecule has 0 bridgehead atoms. The third-order valence-corrected chi connectivity index (χ3v) is 1.88. The monoisotopic (exact) mass is 201 g/mol. The topological polar surface area (TPSA) is 46.2 Å². The van der Waals surface area contributed by atoms with Crippen molar-refractivity contribution in [1.29, 1.82) is 0 Å². The van der Waals surface area contributed by atoms with E-state index in [0.29, 0.717) is 12.0 Å². The molecule has 0 radical (unpaired) electrons. The number of phenolic OH excluding ortho intramolecular Hbond substituents is 1. The van der Waals surface area contributed by atoms with Crippen LogP contribution < -0.4 is 5.73 Å². The van der Waals surface area contributed by atoms with Crippen LogP contribution in [0.25, 0.3) is 0 Å². The Labute approximate surface area is 81.4 Å². The van der Waals surface area contributed by atoms with Crippen molar-refractivity contribution in [2.24, 2.45) is 5.73 Å². The van der Waals surface area contributed by atoms with Crippen LogP contribution in [0, 0.1) is 0 Å². The Morgan fingerprint density at radius 3 is 2.57 bits per heavy atom. The molecule has 0 aliphatic rings. The van der Waals surface area contributed by atoms with Crippen LogP contribution in [0.15, 0.2) is 18.2 Å². The standard InChI is InChI=1S/C10H13F2NO/c1-6(13)4-7-2-3-9(14)8(5-7)10(11)12/h2-3,5-6,10,14H,4,13H2,1H3. The van der Waals surface area contributed by atoms with Gasteiger partial charge in [0.1, 0.15) is 5.75 Å². The minimum atomic E-state index is -2.65. The predicted molar refractivity (Wildman–Crippen MR) is 50.4 cm³/mol. The lowest BCUT2D eigenvalue weighted by Gasteiger charge is -2.08. The highest BCUT2D eigenvalue weighted by atomic mass is 19.3. The Balaban J connectivity index is 2.94. The fourth-order valence-electron chi connectivity index (χ4n) is 1.28. The Morgan fingerprint density at radius 1 is 1.43 bits per heavy atom. The van der Waals surface area contributed by atoms with Crippen molar-refractivity contribution in [3.05, 3.63) is 29.3 Å². The van der Waals surface area contributed by atoms with Crippen molar-refractivity contribution in [1.82, 2.24) is 0 Å². The minimum Gasteiger partial charge on any atom is -0.507 e. The number of hydrogen-bond donors (Lipinski definition) is 2. The van der Waals surface area contributed by atoms with E-state index in [4.69, 9.17) is 10.8 Å². The number of alkyl halides is 2. The van der Waals surface area contributed by atoms with Crippen molar-refractivity contribution in [3.63, 3.8) is 0 Å². The van der Waals surface area contributed by atoms with Crippen LogP contribution >= 0.6 is 0 Å². The van der Waals surface area contributed by atoms with E-state index in [1.807, 2.05) is 0 Å². The summed E-state index contributed by atoms with van der Waals surface area (Å²) < 4.78 is 24.7. The molecule has 1 atom stereocenters. The first-order valence-electron chi connectivity index (χ1n) is 4.36. The van der Waals surface area contributed by atoms with E-state index in [-0.39, 0.29) is 17.4 Å². The molecule has 4 heteroatoms. The summed E-state index contributed by atoms with van der Waals surface area (Å²) in [6.45, 7) is 1.80. The molecule has 0 heterocycles. The number of hydrogen-bond acceptors (Lipinski definition) is 2. The Hall–Kier alpha value is -1.16. The average molecular weight is 201 g/mol. The maximum absolute atomic E-state index is 12.4. The molecule has 2 nitrogen and oxygen atoms in total. The smallest absolute Gasteiger partial charge is 0.267 e. The molecule has 0 aliphatic carbocycles. The van der Waals surface area contributed by atoms with Crippen molar-refractivity contribution >= 4 is 0 Å². The molecule has 3 N–H and O–H groups in total. The van der Waals surface area contributed by atoms with Crippen LogP contribution in [0.2, 0.25) is 0 Å². The van der Waals surface area contributed by atoms with E-state index in [1.165, 1.54) is 12.1 Å². The number of halogens is 2. The SMILES string of the molecule is CC(N)Cc1ccc(O)c(C(F)F)c1.